The number of thiol groups is 2. The normalized spacial score (nSPS) is 12.9. The van der Waals surface area contributed by atoms with Gasteiger partial charge in [0.2, 0.25) is 17.7 Å². The Labute approximate surface area is 132 Å². The number of nitrogens with one attached hydrogen (secondary N) is 3. The van der Waals surface area contributed by atoms with E-state index in [4.69, 9.17) is 10.8 Å². The van der Waals surface area contributed by atoms with E-state index >= 15 is 0 Å². The lowest BCUT2D eigenvalue weighted by molar-refractivity contribution is -0.141. The Bertz CT molecular complexity index is 407. The second-order valence-electron chi connectivity index (χ2n) is 3.87. The number of aliphatic carboxylic acids is 1. The first-order chi connectivity index (χ1) is 9.85. The van der Waals surface area contributed by atoms with Crippen molar-refractivity contribution in [1.29, 1.82) is 0 Å². The number of amides is 3. The zero-order valence-electron chi connectivity index (χ0n) is 11.0. The fourth-order valence-corrected chi connectivity index (χ4v) is 1.67. The Morgan fingerprint density at radius 3 is 1.95 bits per heavy atom. The van der Waals surface area contributed by atoms with E-state index in [-0.39, 0.29) is 18.1 Å². The molecule has 0 aromatic heterocycles. The van der Waals surface area contributed by atoms with Crippen LogP contribution < -0.4 is 21.7 Å². The molecule has 0 heterocycles. The number of hydrogen-bond acceptors (Lipinski definition) is 7. The highest BCUT2D eigenvalue weighted by Crippen LogP contribution is 1.90. The third kappa shape index (κ3) is 7.78. The molecule has 11 heteroatoms. The van der Waals surface area contributed by atoms with Crippen LogP contribution in [0.1, 0.15) is 0 Å². The van der Waals surface area contributed by atoms with Gasteiger partial charge in [-0.05, 0) is 0 Å². The van der Waals surface area contributed by atoms with Crippen LogP contribution in [0.25, 0.3) is 0 Å². The molecule has 0 aliphatic carbocycles. The number of carboxylic acid groups (broad SMARTS) is 1. The minimum Gasteiger partial charge on any atom is -0.480 e. The van der Waals surface area contributed by atoms with Crippen molar-refractivity contribution in [2.24, 2.45) is 5.73 Å². The smallest absolute Gasteiger partial charge is 0.327 e. The number of rotatable bonds is 9. The predicted octanol–water partition coefficient (Wildman–Crippen LogP) is -3.02. The predicted molar refractivity (Wildman–Crippen MR) is 81.3 cm³/mol. The van der Waals surface area contributed by atoms with E-state index in [1.54, 1.807) is 0 Å². The van der Waals surface area contributed by atoms with Crippen molar-refractivity contribution in [3.63, 3.8) is 0 Å². The zero-order chi connectivity index (χ0) is 16.4. The van der Waals surface area contributed by atoms with Gasteiger partial charge in [-0.3, -0.25) is 14.4 Å². The van der Waals surface area contributed by atoms with Gasteiger partial charge in [0.15, 0.2) is 0 Å². The molecule has 0 radical (unpaired) electrons. The Hall–Kier alpha value is -1.46. The van der Waals surface area contributed by atoms with Crippen molar-refractivity contribution in [2.75, 3.05) is 24.6 Å². The summed E-state index contributed by atoms with van der Waals surface area (Å²) in [6.45, 7) is -0.709. The molecule has 0 bridgehead atoms. The lowest BCUT2D eigenvalue weighted by Crippen LogP contribution is -2.52. The molecule has 6 N–H and O–H groups in total. The zero-order valence-corrected chi connectivity index (χ0v) is 12.8. The van der Waals surface area contributed by atoms with Gasteiger partial charge in [-0.15, -0.1) is 0 Å². The van der Waals surface area contributed by atoms with Crippen molar-refractivity contribution >= 4 is 48.9 Å². The van der Waals surface area contributed by atoms with Crippen LogP contribution in [0.2, 0.25) is 0 Å². The molecule has 0 aromatic rings. The third-order valence-corrected chi connectivity index (χ3v) is 2.99. The van der Waals surface area contributed by atoms with E-state index in [1.165, 1.54) is 0 Å². The van der Waals surface area contributed by atoms with E-state index < -0.39 is 42.3 Å². The first kappa shape index (κ1) is 19.5. The van der Waals surface area contributed by atoms with E-state index in [1.807, 2.05) is 0 Å². The van der Waals surface area contributed by atoms with Gasteiger partial charge in [-0.2, -0.15) is 25.3 Å². The van der Waals surface area contributed by atoms with E-state index in [2.05, 4.69) is 41.2 Å². The van der Waals surface area contributed by atoms with Gasteiger partial charge in [0.25, 0.3) is 0 Å². The summed E-state index contributed by atoms with van der Waals surface area (Å²) in [5.74, 6) is -3.13. The summed E-state index contributed by atoms with van der Waals surface area (Å²) in [7, 11) is 0. The fraction of sp³-hybridized carbons (Fsp3) is 0.600. The summed E-state index contributed by atoms with van der Waals surface area (Å²) in [5, 5.41) is 15.5. The molecule has 2 atom stereocenters. The van der Waals surface area contributed by atoms with Crippen molar-refractivity contribution in [1.82, 2.24) is 16.0 Å². The maximum absolute atomic E-state index is 11.7. The number of nitrogens with two attached hydrogens (primary N) is 1. The van der Waals surface area contributed by atoms with Gasteiger partial charge in [0.1, 0.15) is 12.1 Å². The highest BCUT2D eigenvalue weighted by molar-refractivity contribution is 7.80. The Morgan fingerprint density at radius 2 is 1.52 bits per heavy atom. The third-order valence-electron chi connectivity index (χ3n) is 2.26. The summed E-state index contributed by atoms with van der Waals surface area (Å²) in [6.07, 6.45) is 0. The van der Waals surface area contributed by atoms with Crippen LogP contribution >= 0.6 is 25.3 Å². The molecular formula is C10H18N4O5S2. The van der Waals surface area contributed by atoms with Crippen LogP contribution in [-0.2, 0) is 19.2 Å². The summed E-state index contributed by atoms with van der Waals surface area (Å²) in [5.41, 5.74) is 5.10. The summed E-state index contributed by atoms with van der Waals surface area (Å²) in [6, 6.07) is -2.08. The molecule has 21 heavy (non-hydrogen) atoms. The van der Waals surface area contributed by atoms with Crippen molar-refractivity contribution < 1.29 is 24.3 Å². The molecule has 3 amide bonds. The maximum atomic E-state index is 11.7. The minimum atomic E-state index is -1.23. The Balaban J connectivity index is 4.30. The average molecular weight is 338 g/mol. The number of carbonyl (C=O) groups is 4. The van der Waals surface area contributed by atoms with Gasteiger partial charge in [-0.1, -0.05) is 0 Å². The summed E-state index contributed by atoms with van der Waals surface area (Å²) in [4.78, 5) is 44.9. The molecule has 0 aliphatic rings. The van der Waals surface area contributed by atoms with E-state index in [9.17, 15) is 19.2 Å². The fourth-order valence-electron chi connectivity index (χ4n) is 1.17. The van der Waals surface area contributed by atoms with Crippen molar-refractivity contribution in [3.8, 4) is 0 Å². The van der Waals surface area contributed by atoms with Crippen LogP contribution in [-0.4, -0.2) is 65.5 Å². The molecule has 0 unspecified atom stereocenters. The second-order valence-corrected chi connectivity index (χ2v) is 4.60. The Morgan fingerprint density at radius 1 is 1.00 bits per heavy atom. The van der Waals surface area contributed by atoms with Gasteiger partial charge in [-0.25, -0.2) is 4.79 Å². The Kier molecular flexibility index (Phi) is 9.58. The molecular weight excluding hydrogens is 320 g/mol. The second kappa shape index (κ2) is 10.3. The molecule has 0 saturated heterocycles. The largest absolute Gasteiger partial charge is 0.480 e. The van der Waals surface area contributed by atoms with Gasteiger partial charge in [0.05, 0.1) is 13.1 Å². The summed E-state index contributed by atoms with van der Waals surface area (Å²) >= 11 is 7.69. The lowest BCUT2D eigenvalue weighted by atomic mass is 10.3. The highest BCUT2D eigenvalue weighted by atomic mass is 32.1. The molecule has 0 rings (SSSR count). The SMILES string of the molecule is NCC(=O)N[C@@H](CS)C(=O)NCC(=O)N[C@@H](CS)C(=O)O. The number of carbonyl (C=O) groups excluding carboxylic acids is 3. The number of hydrogen-bond donors (Lipinski definition) is 7. The minimum absolute atomic E-state index is 0.0214. The van der Waals surface area contributed by atoms with Crippen LogP contribution in [0.5, 0.6) is 0 Å². The van der Waals surface area contributed by atoms with Gasteiger partial charge in [0, 0.05) is 11.5 Å². The van der Waals surface area contributed by atoms with Gasteiger partial charge < -0.3 is 26.8 Å². The maximum Gasteiger partial charge on any atom is 0.327 e. The topological polar surface area (TPSA) is 151 Å². The lowest BCUT2D eigenvalue weighted by Gasteiger charge is -2.16. The molecule has 0 spiro atoms. The van der Waals surface area contributed by atoms with Crippen LogP contribution in [0.4, 0.5) is 0 Å². The van der Waals surface area contributed by atoms with E-state index in [0.717, 1.165) is 0 Å². The van der Waals surface area contributed by atoms with Crippen LogP contribution in [0.15, 0.2) is 0 Å². The molecule has 9 nitrogen and oxygen atoms in total. The van der Waals surface area contributed by atoms with Crippen LogP contribution in [0.3, 0.4) is 0 Å². The van der Waals surface area contributed by atoms with E-state index in [0.29, 0.717) is 0 Å². The monoisotopic (exact) mass is 338 g/mol. The molecule has 0 aromatic carbocycles. The van der Waals surface area contributed by atoms with Crippen LogP contribution in [0, 0.1) is 0 Å². The van der Waals surface area contributed by atoms with Crippen molar-refractivity contribution in [2.45, 2.75) is 12.1 Å². The highest BCUT2D eigenvalue weighted by Gasteiger charge is 2.21. The van der Waals surface area contributed by atoms with Crippen molar-refractivity contribution in [3.05, 3.63) is 0 Å². The first-order valence-corrected chi connectivity index (χ1v) is 7.13. The molecule has 0 fully saturated rings. The molecule has 120 valence electrons. The number of carboxylic acids is 1. The summed E-state index contributed by atoms with van der Waals surface area (Å²) < 4.78 is 0. The van der Waals surface area contributed by atoms with Gasteiger partial charge >= 0.3 is 5.97 Å². The first-order valence-electron chi connectivity index (χ1n) is 5.86. The average Bonchev–Trinajstić information content (AvgIpc) is 2.46. The standard InChI is InChI=1S/C10H18N4O5S2/c11-1-7(15)13-5(3-20)9(17)12-2-8(16)14-6(4-21)10(18)19/h5-6,20-21H,1-4,11H2,(H,12,17)(H,13,15)(H,14,16)(H,18,19)/t5-,6-/m0/s1. The molecule has 0 saturated carbocycles. The quantitative estimate of drug-likeness (QED) is 0.222. The molecule has 0 aliphatic heterocycles.